The maximum absolute atomic E-state index is 5.62. The van der Waals surface area contributed by atoms with Crippen LogP contribution in [-0.4, -0.2) is 39.6 Å². The van der Waals surface area contributed by atoms with E-state index in [-0.39, 0.29) is 0 Å². The Morgan fingerprint density at radius 1 is 1.00 bits per heavy atom. The number of hydrogen-bond acceptors (Lipinski definition) is 3. The third kappa shape index (κ3) is 2.49. The fraction of sp³-hybridized carbons (Fsp3) is 1.00. The van der Waals surface area contributed by atoms with E-state index in [1.165, 1.54) is 21.3 Å². The van der Waals surface area contributed by atoms with Crippen LogP contribution in [0.4, 0.5) is 0 Å². The maximum atomic E-state index is 5.62. The molecule has 0 saturated heterocycles. The van der Waals surface area contributed by atoms with Gasteiger partial charge in [0.2, 0.25) is 0 Å². The molecule has 0 heterocycles. The van der Waals surface area contributed by atoms with Gasteiger partial charge < -0.3 is 0 Å². The van der Waals surface area contributed by atoms with E-state index in [1.807, 2.05) is 0 Å². The monoisotopic (exact) mass is 258 g/mol. The first-order valence-corrected chi connectivity index (χ1v) is 7.68. The van der Waals surface area contributed by atoms with Gasteiger partial charge in [0.05, 0.1) is 0 Å². The van der Waals surface area contributed by atoms with E-state index >= 15 is 0 Å². The molecule has 0 aromatic carbocycles. The van der Waals surface area contributed by atoms with Crippen molar-refractivity contribution >= 4 is 27.3 Å². The van der Waals surface area contributed by atoms with Crippen molar-refractivity contribution in [2.24, 2.45) is 0 Å². The zero-order chi connectivity index (χ0) is 6.62. The van der Waals surface area contributed by atoms with Crippen LogP contribution in [0.3, 0.4) is 0 Å². The Hall–Kier alpha value is 0.960. The summed E-state index contributed by atoms with van der Waals surface area (Å²) in [6, 6.07) is 0. The Morgan fingerprint density at radius 3 is 1.25 bits per heavy atom. The predicted molar refractivity (Wildman–Crippen MR) is 32.6 cm³/mol. The van der Waals surface area contributed by atoms with Crippen LogP contribution in [-0.2, 0) is 9.30 Å². The molecule has 3 nitrogen and oxygen atoms in total. The molecular weight excluding hydrogens is 247 g/mol. The summed E-state index contributed by atoms with van der Waals surface area (Å²) in [4.78, 5) is 0. The summed E-state index contributed by atoms with van der Waals surface area (Å²) in [5.74, 6) is 0. The first kappa shape index (κ1) is 8.96. The molecule has 0 N–H and O–H groups in total. The van der Waals surface area contributed by atoms with Gasteiger partial charge in [0.15, 0.2) is 0 Å². The summed E-state index contributed by atoms with van der Waals surface area (Å²) < 4.78 is 14.2. The third-order valence-electron chi connectivity index (χ3n) is 0.597. The number of hydrogen-bond donors (Lipinski definition) is 0. The first-order chi connectivity index (χ1) is 3.68. The van der Waals surface area contributed by atoms with E-state index in [1.54, 1.807) is 0 Å². The van der Waals surface area contributed by atoms with Gasteiger partial charge in [-0.1, -0.05) is 0 Å². The molecule has 52 valence electrons. The molecule has 0 aromatic rings. The Labute approximate surface area is 58.0 Å². The number of rotatable bonds is 3. The standard InChI is InChI=1S/C3H9ClO3Te/c1-5-8(4,6-2)7-3/h1-3H3. The van der Waals surface area contributed by atoms with Crippen molar-refractivity contribution < 1.29 is 9.30 Å². The second kappa shape index (κ2) is 3.89. The van der Waals surface area contributed by atoms with Crippen LogP contribution in [0.5, 0.6) is 0 Å². The molecular formula is C3H9ClO3Te. The zero-order valence-electron chi connectivity index (χ0n) is 5.01. The average molecular weight is 256 g/mol. The second-order valence-electron chi connectivity index (χ2n) is 0.893. The van der Waals surface area contributed by atoms with Crippen molar-refractivity contribution in [2.45, 2.75) is 0 Å². The normalized spacial score (nSPS) is 14.0. The summed E-state index contributed by atoms with van der Waals surface area (Å²) in [6.07, 6.45) is 0. The van der Waals surface area contributed by atoms with Gasteiger partial charge in [-0.3, -0.25) is 0 Å². The Balaban J connectivity index is 3.58. The van der Waals surface area contributed by atoms with Gasteiger partial charge in [0.25, 0.3) is 0 Å². The first-order valence-electron chi connectivity index (χ1n) is 1.88. The van der Waals surface area contributed by atoms with Crippen LogP contribution >= 0.6 is 8.96 Å². The van der Waals surface area contributed by atoms with Crippen molar-refractivity contribution in [1.82, 2.24) is 0 Å². The average Bonchev–Trinajstić information content (AvgIpc) is 1.87. The molecule has 0 aromatic heterocycles. The van der Waals surface area contributed by atoms with Crippen molar-refractivity contribution in [3.05, 3.63) is 0 Å². The minimum atomic E-state index is -3.18. The molecule has 0 radical (unpaired) electrons. The van der Waals surface area contributed by atoms with Crippen LogP contribution in [0.15, 0.2) is 0 Å². The second-order valence-corrected chi connectivity index (χ2v) is 8.53. The van der Waals surface area contributed by atoms with Gasteiger partial charge in [-0.2, -0.15) is 0 Å². The fourth-order valence-corrected chi connectivity index (χ4v) is 1.37. The Bertz CT molecular complexity index is 57.3. The molecule has 0 saturated carbocycles. The summed E-state index contributed by atoms with van der Waals surface area (Å²) >= 11 is -3.18. The summed E-state index contributed by atoms with van der Waals surface area (Å²) in [6.45, 7) is 0. The molecule has 0 aliphatic carbocycles. The van der Waals surface area contributed by atoms with Crippen LogP contribution in [0.1, 0.15) is 0 Å². The molecule has 0 rings (SSSR count). The number of halogens is 1. The van der Waals surface area contributed by atoms with Gasteiger partial charge in [0.1, 0.15) is 0 Å². The third-order valence-corrected chi connectivity index (χ3v) is 6.54. The van der Waals surface area contributed by atoms with E-state index in [0.717, 1.165) is 0 Å². The van der Waals surface area contributed by atoms with E-state index in [9.17, 15) is 0 Å². The van der Waals surface area contributed by atoms with Crippen molar-refractivity contribution in [2.75, 3.05) is 21.3 Å². The quantitative estimate of drug-likeness (QED) is 0.692. The summed E-state index contributed by atoms with van der Waals surface area (Å²) in [5.41, 5.74) is 0. The van der Waals surface area contributed by atoms with Crippen LogP contribution in [0.25, 0.3) is 0 Å². The van der Waals surface area contributed by atoms with Crippen LogP contribution < -0.4 is 0 Å². The topological polar surface area (TPSA) is 27.7 Å². The van der Waals surface area contributed by atoms with Crippen LogP contribution in [0.2, 0.25) is 0 Å². The van der Waals surface area contributed by atoms with E-state index in [0.29, 0.717) is 0 Å². The van der Waals surface area contributed by atoms with Crippen LogP contribution in [0, 0.1) is 0 Å². The van der Waals surface area contributed by atoms with Gasteiger partial charge in [0, 0.05) is 0 Å². The zero-order valence-corrected chi connectivity index (χ0v) is 8.10. The molecule has 0 aliphatic heterocycles. The molecule has 0 bridgehead atoms. The molecule has 0 amide bonds. The Kier molecular flexibility index (Phi) is 4.35. The van der Waals surface area contributed by atoms with E-state index in [4.69, 9.17) is 18.3 Å². The molecule has 0 unspecified atom stereocenters. The van der Waals surface area contributed by atoms with Crippen molar-refractivity contribution in [3.63, 3.8) is 0 Å². The van der Waals surface area contributed by atoms with Crippen molar-refractivity contribution in [3.8, 4) is 0 Å². The van der Waals surface area contributed by atoms with E-state index in [2.05, 4.69) is 0 Å². The summed E-state index contributed by atoms with van der Waals surface area (Å²) in [5, 5.41) is 0. The fourth-order valence-electron chi connectivity index (χ4n) is 0.204. The minimum absolute atomic E-state index is 1.47. The van der Waals surface area contributed by atoms with Gasteiger partial charge in [-0.15, -0.1) is 0 Å². The molecule has 0 aliphatic rings. The van der Waals surface area contributed by atoms with Gasteiger partial charge in [-0.25, -0.2) is 0 Å². The molecule has 0 spiro atoms. The van der Waals surface area contributed by atoms with E-state index < -0.39 is 18.3 Å². The molecule has 8 heavy (non-hydrogen) atoms. The van der Waals surface area contributed by atoms with Gasteiger partial charge in [-0.05, 0) is 0 Å². The van der Waals surface area contributed by atoms with Crippen molar-refractivity contribution in [1.29, 1.82) is 0 Å². The molecule has 0 atom stereocenters. The SMILES string of the molecule is CO[Te](Cl)(OC)OC. The van der Waals surface area contributed by atoms with Gasteiger partial charge >= 0.3 is 57.9 Å². The molecule has 0 fully saturated rings. The predicted octanol–water partition coefficient (Wildman–Crippen LogP) is 0.600. The summed E-state index contributed by atoms with van der Waals surface area (Å²) in [7, 11) is 10.0. The molecule has 5 heteroatoms. The Morgan fingerprint density at radius 2 is 1.25 bits per heavy atom.